The van der Waals surface area contributed by atoms with Crippen molar-refractivity contribution in [1.29, 1.82) is 0 Å². The first-order valence-corrected chi connectivity index (χ1v) is 8.96. The van der Waals surface area contributed by atoms with Gasteiger partial charge in [0.05, 0.1) is 5.39 Å². The largest absolute Gasteiger partial charge is 0.486 e. The maximum Gasteiger partial charge on any atom is 0.281 e. The highest BCUT2D eigenvalue weighted by atomic mass is 32.1. The smallest absolute Gasteiger partial charge is 0.281 e. The van der Waals surface area contributed by atoms with Crippen LogP contribution < -0.4 is 16.1 Å². The molecule has 1 aliphatic rings. The molecular formula is C18H19N3O2S. The SMILES string of the molecule is Cc1cccc(OCc2nc3sc4c(c3c(=O)n2N)CCCC4)c1. The van der Waals surface area contributed by atoms with E-state index in [2.05, 4.69) is 4.98 Å². The standard InChI is InChI=1S/C18H19N3O2S/c1-11-5-4-6-12(9-11)23-10-15-20-17-16(18(22)21(15)19)13-7-2-3-8-14(13)24-17/h4-6,9H,2-3,7-8,10,19H2,1H3. The zero-order chi connectivity index (χ0) is 16.7. The van der Waals surface area contributed by atoms with E-state index in [1.807, 2.05) is 31.2 Å². The minimum absolute atomic E-state index is 0.165. The van der Waals surface area contributed by atoms with Gasteiger partial charge in [0.1, 0.15) is 17.2 Å². The van der Waals surface area contributed by atoms with Crippen LogP contribution in [0.1, 0.15) is 34.7 Å². The van der Waals surface area contributed by atoms with Gasteiger partial charge in [-0.1, -0.05) is 12.1 Å². The third-order valence-electron chi connectivity index (χ3n) is 4.45. The van der Waals surface area contributed by atoms with E-state index < -0.39 is 0 Å². The molecule has 0 saturated carbocycles. The number of aromatic nitrogens is 2. The van der Waals surface area contributed by atoms with Crippen molar-refractivity contribution in [3.63, 3.8) is 0 Å². The van der Waals surface area contributed by atoms with Crippen molar-refractivity contribution in [3.8, 4) is 5.75 Å². The lowest BCUT2D eigenvalue weighted by atomic mass is 9.97. The molecule has 0 saturated heterocycles. The topological polar surface area (TPSA) is 70.1 Å². The van der Waals surface area contributed by atoms with E-state index in [1.54, 1.807) is 11.3 Å². The number of thiophene rings is 1. The van der Waals surface area contributed by atoms with Crippen LogP contribution in [0.2, 0.25) is 0 Å². The van der Waals surface area contributed by atoms with Crippen LogP contribution in [0.15, 0.2) is 29.1 Å². The molecule has 3 aromatic rings. The van der Waals surface area contributed by atoms with Gasteiger partial charge in [0.15, 0.2) is 5.82 Å². The van der Waals surface area contributed by atoms with Crippen LogP contribution in [-0.2, 0) is 19.4 Å². The highest BCUT2D eigenvalue weighted by Crippen LogP contribution is 2.33. The van der Waals surface area contributed by atoms with Crippen LogP contribution >= 0.6 is 11.3 Å². The van der Waals surface area contributed by atoms with Gasteiger partial charge in [-0.2, -0.15) is 0 Å². The van der Waals surface area contributed by atoms with E-state index in [0.717, 1.165) is 45.6 Å². The Morgan fingerprint density at radius 2 is 2.17 bits per heavy atom. The molecule has 2 heterocycles. The Morgan fingerprint density at radius 1 is 1.33 bits per heavy atom. The third-order valence-corrected chi connectivity index (χ3v) is 5.64. The molecule has 0 unspecified atom stereocenters. The Morgan fingerprint density at radius 3 is 3.00 bits per heavy atom. The summed E-state index contributed by atoms with van der Waals surface area (Å²) in [7, 11) is 0. The first-order valence-electron chi connectivity index (χ1n) is 8.14. The average Bonchev–Trinajstić information content (AvgIpc) is 2.95. The number of nitrogen functional groups attached to an aromatic ring is 1. The summed E-state index contributed by atoms with van der Waals surface area (Å²) >= 11 is 1.63. The van der Waals surface area contributed by atoms with Gasteiger partial charge in [0.25, 0.3) is 5.56 Å². The summed E-state index contributed by atoms with van der Waals surface area (Å²) in [6, 6.07) is 7.77. The van der Waals surface area contributed by atoms with Crippen molar-refractivity contribution in [2.45, 2.75) is 39.2 Å². The minimum Gasteiger partial charge on any atom is -0.486 e. The average molecular weight is 341 g/mol. The number of nitrogens with zero attached hydrogens (tertiary/aromatic N) is 2. The van der Waals surface area contributed by atoms with Gasteiger partial charge in [0, 0.05) is 4.88 Å². The van der Waals surface area contributed by atoms with Crippen molar-refractivity contribution < 1.29 is 4.74 Å². The molecule has 0 amide bonds. The molecular weight excluding hydrogens is 322 g/mol. The summed E-state index contributed by atoms with van der Waals surface area (Å²) in [6.45, 7) is 2.18. The number of nitrogens with two attached hydrogens (primary N) is 1. The van der Waals surface area contributed by atoms with Gasteiger partial charge in [0.2, 0.25) is 0 Å². The van der Waals surface area contributed by atoms with Crippen molar-refractivity contribution >= 4 is 21.6 Å². The molecule has 1 aromatic carbocycles. The Kier molecular flexibility index (Phi) is 3.76. The van der Waals surface area contributed by atoms with Crippen LogP contribution in [0.3, 0.4) is 0 Å². The number of rotatable bonds is 3. The molecule has 0 bridgehead atoms. The van der Waals surface area contributed by atoms with E-state index in [4.69, 9.17) is 10.6 Å². The van der Waals surface area contributed by atoms with E-state index in [9.17, 15) is 4.79 Å². The van der Waals surface area contributed by atoms with E-state index in [-0.39, 0.29) is 12.2 Å². The zero-order valence-corrected chi connectivity index (χ0v) is 14.4. The van der Waals surface area contributed by atoms with Crippen molar-refractivity contribution in [2.24, 2.45) is 0 Å². The Balaban J connectivity index is 1.71. The molecule has 0 fully saturated rings. The number of hydrogen-bond acceptors (Lipinski definition) is 5. The van der Waals surface area contributed by atoms with Crippen molar-refractivity contribution in [1.82, 2.24) is 9.66 Å². The molecule has 0 atom stereocenters. The fourth-order valence-corrected chi connectivity index (χ4v) is 4.49. The number of fused-ring (bicyclic) bond motifs is 3. The molecule has 4 rings (SSSR count). The lowest BCUT2D eigenvalue weighted by Gasteiger charge is -2.11. The maximum atomic E-state index is 12.7. The first kappa shape index (κ1) is 15.2. The molecule has 124 valence electrons. The Labute approximate surface area is 143 Å². The maximum absolute atomic E-state index is 12.7. The molecule has 24 heavy (non-hydrogen) atoms. The van der Waals surface area contributed by atoms with Crippen LogP contribution in [0.5, 0.6) is 5.75 Å². The summed E-state index contributed by atoms with van der Waals surface area (Å²) in [5, 5.41) is 0.705. The van der Waals surface area contributed by atoms with Crippen molar-refractivity contribution in [2.75, 3.05) is 5.84 Å². The van der Waals surface area contributed by atoms with Crippen LogP contribution in [-0.4, -0.2) is 9.66 Å². The second-order valence-electron chi connectivity index (χ2n) is 6.20. The van der Waals surface area contributed by atoms with Crippen LogP contribution in [0, 0.1) is 6.92 Å². The summed E-state index contributed by atoms with van der Waals surface area (Å²) in [5.74, 6) is 7.20. The summed E-state index contributed by atoms with van der Waals surface area (Å²) < 4.78 is 6.90. The number of aryl methyl sites for hydroxylation is 3. The second kappa shape index (κ2) is 5.94. The Bertz CT molecular complexity index is 974. The monoisotopic (exact) mass is 341 g/mol. The molecule has 0 radical (unpaired) electrons. The quantitative estimate of drug-likeness (QED) is 0.744. The lowest BCUT2D eigenvalue weighted by Crippen LogP contribution is -2.32. The van der Waals surface area contributed by atoms with E-state index in [1.165, 1.54) is 11.3 Å². The zero-order valence-electron chi connectivity index (χ0n) is 13.5. The summed E-state index contributed by atoms with van der Waals surface area (Å²) in [4.78, 5) is 19.4. The third kappa shape index (κ3) is 2.57. The fraction of sp³-hybridized carbons (Fsp3) is 0.333. The van der Waals surface area contributed by atoms with E-state index in [0.29, 0.717) is 11.2 Å². The lowest BCUT2D eigenvalue weighted by molar-refractivity contribution is 0.291. The van der Waals surface area contributed by atoms with Gasteiger partial charge >= 0.3 is 0 Å². The fourth-order valence-electron chi connectivity index (χ4n) is 3.21. The molecule has 0 aliphatic heterocycles. The first-order chi connectivity index (χ1) is 11.6. The molecule has 0 spiro atoms. The predicted octanol–water partition coefficient (Wildman–Crippen LogP) is 2.94. The van der Waals surface area contributed by atoms with Crippen LogP contribution in [0.4, 0.5) is 0 Å². The van der Waals surface area contributed by atoms with Gasteiger partial charge in [-0.05, 0) is 55.9 Å². The van der Waals surface area contributed by atoms with Gasteiger partial charge in [-0.25, -0.2) is 9.66 Å². The normalized spacial score (nSPS) is 13.9. The molecule has 2 N–H and O–H groups in total. The van der Waals surface area contributed by atoms with Gasteiger partial charge < -0.3 is 10.6 Å². The van der Waals surface area contributed by atoms with Crippen LogP contribution in [0.25, 0.3) is 10.2 Å². The molecule has 6 heteroatoms. The predicted molar refractivity (Wildman–Crippen MR) is 96.2 cm³/mol. The number of ether oxygens (including phenoxy) is 1. The number of hydrogen-bond donors (Lipinski definition) is 1. The number of benzene rings is 1. The molecule has 1 aliphatic carbocycles. The van der Waals surface area contributed by atoms with Crippen molar-refractivity contribution in [3.05, 3.63) is 56.4 Å². The van der Waals surface area contributed by atoms with Gasteiger partial charge in [-0.15, -0.1) is 11.3 Å². The summed E-state index contributed by atoms with van der Waals surface area (Å²) in [5.41, 5.74) is 2.11. The Hall–Kier alpha value is -2.34. The molecule has 5 nitrogen and oxygen atoms in total. The van der Waals surface area contributed by atoms with E-state index >= 15 is 0 Å². The highest BCUT2D eigenvalue weighted by molar-refractivity contribution is 7.18. The second-order valence-corrected chi connectivity index (χ2v) is 7.28. The van der Waals surface area contributed by atoms with Gasteiger partial charge in [-0.3, -0.25) is 4.79 Å². The summed E-state index contributed by atoms with van der Waals surface area (Å²) in [6.07, 6.45) is 4.29. The highest BCUT2D eigenvalue weighted by Gasteiger charge is 2.21. The minimum atomic E-state index is -0.165. The molecule has 2 aromatic heterocycles.